The van der Waals surface area contributed by atoms with Gasteiger partial charge < -0.3 is 19.3 Å². The van der Waals surface area contributed by atoms with E-state index in [2.05, 4.69) is 5.10 Å². The lowest BCUT2D eigenvalue weighted by Gasteiger charge is -2.38. The Morgan fingerprint density at radius 3 is 2.54 bits per heavy atom. The fourth-order valence-corrected chi connectivity index (χ4v) is 5.64. The Morgan fingerprint density at radius 1 is 1.11 bits per heavy atom. The summed E-state index contributed by atoms with van der Waals surface area (Å²) in [5.74, 6) is -3.74. The normalized spacial score (nSPS) is 25.2. The van der Waals surface area contributed by atoms with Crippen molar-refractivity contribution >= 4 is 11.8 Å². The van der Waals surface area contributed by atoms with Gasteiger partial charge in [0.1, 0.15) is 12.6 Å². The molecule has 2 aromatic rings. The number of morpholine rings is 1. The Hall–Kier alpha value is -2.85. The fraction of sp³-hybridized carbons (Fsp3) is 0.593. The highest BCUT2D eigenvalue weighted by Gasteiger charge is 2.47. The van der Waals surface area contributed by atoms with Gasteiger partial charge in [-0.05, 0) is 45.1 Å². The van der Waals surface area contributed by atoms with E-state index in [1.54, 1.807) is 9.58 Å². The number of fused-ring (bicyclic) bond motifs is 1. The van der Waals surface area contributed by atoms with Crippen LogP contribution in [0.25, 0.3) is 0 Å². The Morgan fingerprint density at radius 2 is 1.84 bits per heavy atom. The maximum atomic E-state index is 14.9. The minimum atomic E-state index is -3.15. The van der Waals surface area contributed by atoms with Crippen LogP contribution in [-0.2, 0) is 40.3 Å². The summed E-state index contributed by atoms with van der Waals surface area (Å²) >= 11 is 0. The smallest absolute Gasteiger partial charge is 0.290 e. The van der Waals surface area contributed by atoms with Crippen molar-refractivity contribution in [1.82, 2.24) is 19.6 Å². The molecule has 1 aromatic carbocycles. The highest BCUT2D eigenvalue weighted by molar-refractivity contribution is 5.94. The van der Waals surface area contributed by atoms with E-state index in [-0.39, 0.29) is 44.2 Å². The highest BCUT2D eigenvalue weighted by atomic mass is 19.3. The molecule has 3 aliphatic rings. The van der Waals surface area contributed by atoms with Gasteiger partial charge in [0.15, 0.2) is 5.69 Å². The molecule has 2 fully saturated rings. The second-order valence-electron chi connectivity index (χ2n) is 10.4. The van der Waals surface area contributed by atoms with Gasteiger partial charge in [-0.3, -0.25) is 14.3 Å². The van der Waals surface area contributed by atoms with E-state index in [1.165, 1.54) is 4.90 Å². The molecule has 0 saturated carbocycles. The van der Waals surface area contributed by atoms with Crippen LogP contribution in [0.3, 0.4) is 0 Å². The first-order valence-electron chi connectivity index (χ1n) is 13.1. The molecule has 8 nitrogen and oxygen atoms in total. The number of carbonyl (C=O) groups excluding carboxylic acids is 2. The number of rotatable bonds is 6. The number of hydrogen-bond donors (Lipinski definition) is 0. The maximum Gasteiger partial charge on any atom is 0.290 e. The first-order chi connectivity index (χ1) is 17.7. The van der Waals surface area contributed by atoms with Crippen molar-refractivity contribution in [2.24, 2.45) is 0 Å². The molecule has 3 heterocycles. The van der Waals surface area contributed by atoms with E-state index < -0.39 is 24.5 Å². The van der Waals surface area contributed by atoms with Crippen LogP contribution in [0.2, 0.25) is 0 Å². The van der Waals surface area contributed by atoms with Gasteiger partial charge >= 0.3 is 0 Å². The summed E-state index contributed by atoms with van der Waals surface area (Å²) in [7, 11) is 0. The number of piperidine rings is 1. The van der Waals surface area contributed by atoms with Crippen molar-refractivity contribution < 1.29 is 27.8 Å². The molecular weight excluding hydrogens is 482 g/mol. The number of nitrogens with zero attached hydrogens (tertiary/aromatic N) is 4. The van der Waals surface area contributed by atoms with Crippen LogP contribution in [0.5, 0.6) is 0 Å². The summed E-state index contributed by atoms with van der Waals surface area (Å²) in [4.78, 5) is 29.4. The van der Waals surface area contributed by atoms with E-state index in [4.69, 9.17) is 9.47 Å². The van der Waals surface area contributed by atoms with Crippen molar-refractivity contribution in [3.63, 3.8) is 0 Å². The molecule has 0 spiro atoms. The van der Waals surface area contributed by atoms with Crippen LogP contribution in [-0.4, -0.2) is 81.8 Å². The number of aromatic nitrogens is 2. The highest BCUT2D eigenvalue weighted by Crippen LogP contribution is 2.31. The second-order valence-corrected chi connectivity index (χ2v) is 10.4. The van der Waals surface area contributed by atoms with Crippen LogP contribution in [0, 0.1) is 0 Å². The molecule has 1 unspecified atom stereocenters. The monoisotopic (exact) mass is 516 g/mol. The molecule has 37 heavy (non-hydrogen) atoms. The largest absolute Gasteiger partial charge is 0.372 e. The van der Waals surface area contributed by atoms with Crippen LogP contribution >= 0.6 is 0 Å². The zero-order valence-corrected chi connectivity index (χ0v) is 21.4. The Kier molecular flexibility index (Phi) is 7.31. The summed E-state index contributed by atoms with van der Waals surface area (Å²) in [6.45, 7) is 4.28. The van der Waals surface area contributed by atoms with Crippen molar-refractivity contribution in [1.29, 1.82) is 0 Å². The molecule has 0 bridgehead atoms. The first-order valence-corrected chi connectivity index (χ1v) is 13.1. The van der Waals surface area contributed by atoms with Gasteiger partial charge in [-0.15, -0.1) is 0 Å². The quantitative estimate of drug-likeness (QED) is 0.590. The van der Waals surface area contributed by atoms with E-state index in [0.29, 0.717) is 25.2 Å². The third-order valence-electron chi connectivity index (χ3n) is 7.38. The minimum absolute atomic E-state index is 0.0555. The molecule has 2 aliphatic heterocycles. The summed E-state index contributed by atoms with van der Waals surface area (Å²) in [6, 6.07) is 9.20. The molecule has 200 valence electrons. The molecular formula is C27H34F2N4O4. The van der Waals surface area contributed by atoms with Gasteiger partial charge in [-0.2, -0.15) is 5.10 Å². The molecule has 0 N–H and O–H groups in total. The SMILES string of the molecule is C[C@@H]1CN(C(=O)c2nn(CC(=O)N3CCC(OCc4ccccc4)C(F)(F)C3)c3c2CCC3)C[C@H](C)O1. The van der Waals surface area contributed by atoms with Gasteiger partial charge in [0.2, 0.25) is 5.91 Å². The Labute approximate surface area is 215 Å². The number of likely N-dealkylation sites (tertiary alicyclic amines) is 1. The van der Waals surface area contributed by atoms with Crippen LogP contribution < -0.4 is 0 Å². The average molecular weight is 517 g/mol. The average Bonchev–Trinajstić information content (AvgIpc) is 3.46. The Bertz CT molecular complexity index is 1130. The van der Waals surface area contributed by atoms with Crippen molar-refractivity contribution in [2.75, 3.05) is 26.2 Å². The number of benzene rings is 1. The van der Waals surface area contributed by atoms with Crippen LogP contribution in [0.15, 0.2) is 30.3 Å². The van der Waals surface area contributed by atoms with E-state index >= 15 is 0 Å². The number of ether oxygens (including phenoxy) is 2. The fourth-order valence-electron chi connectivity index (χ4n) is 5.64. The van der Waals surface area contributed by atoms with Gasteiger partial charge in [-0.1, -0.05) is 30.3 Å². The molecule has 5 rings (SSSR count). The van der Waals surface area contributed by atoms with E-state index in [1.807, 2.05) is 44.2 Å². The van der Waals surface area contributed by atoms with E-state index in [0.717, 1.165) is 29.7 Å². The summed E-state index contributed by atoms with van der Waals surface area (Å²) < 4.78 is 42.7. The topological polar surface area (TPSA) is 76.9 Å². The maximum absolute atomic E-state index is 14.9. The minimum Gasteiger partial charge on any atom is -0.372 e. The summed E-state index contributed by atoms with van der Waals surface area (Å²) in [6.07, 6.45) is 0.997. The van der Waals surface area contributed by atoms with Crippen molar-refractivity contribution in [3.8, 4) is 0 Å². The van der Waals surface area contributed by atoms with Gasteiger partial charge in [0.25, 0.3) is 11.8 Å². The van der Waals surface area contributed by atoms with Gasteiger partial charge in [0, 0.05) is 30.9 Å². The zero-order chi connectivity index (χ0) is 26.2. The first kappa shape index (κ1) is 25.8. The molecule has 2 amide bonds. The number of amides is 2. The second kappa shape index (κ2) is 10.5. The van der Waals surface area contributed by atoms with Crippen LogP contribution in [0.4, 0.5) is 8.78 Å². The zero-order valence-electron chi connectivity index (χ0n) is 21.4. The number of alkyl halides is 2. The lowest BCUT2D eigenvalue weighted by atomic mass is 10.0. The predicted molar refractivity (Wildman–Crippen MR) is 131 cm³/mol. The summed E-state index contributed by atoms with van der Waals surface area (Å²) in [5, 5.41) is 4.53. The lowest BCUT2D eigenvalue weighted by molar-refractivity contribution is -0.183. The third kappa shape index (κ3) is 5.55. The number of hydrogen-bond acceptors (Lipinski definition) is 5. The Balaban J connectivity index is 1.24. The predicted octanol–water partition coefficient (Wildman–Crippen LogP) is 3.07. The molecule has 2 saturated heterocycles. The molecule has 0 radical (unpaired) electrons. The van der Waals surface area contributed by atoms with Gasteiger partial charge in [0.05, 0.1) is 25.4 Å². The molecule has 1 aromatic heterocycles. The molecule has 1 aliphatic carbocycles. The molecule has 10 heteroatoms. The standard InChI is InChI=1S/C27H34F2N4O4/c1-18-13-32(14-19(2)37-18)26(35)25-21-9-6-10-22(21)33(30-25)15-24(34)31-12-11-23(27(28,29)17-31)36-16-20-7-4-3-5-8-20/h3-5,7-8,18-19,23H,6,9-17H2,1-2H3/t18-,19+,23?. The van der Waals surface area contributed by atoms with Crippen molar-refractivity contribution in [2.45, 2.75) is 76.9 Å². The lowest BCUT2D eigenvalue weighted by Crippen LogP contribution is -2.54. The number of carbonyl (C=O) groups is 2. The van der Waals surface area contributed by atoms with Crippen molar-refractivity contribution in [3.05, 3.63) is 52.8 Å². The number of halogens is 2. The third-order valence-corrected chi connectivity index (χ3v) is 7.38. The van der Waals surface area contributed by atoms with Crippen LogP contribution in [0.1, 0.15) is 54.0 Å². The molecule has 3 atom stereocenters. The van der Waals surface area contributed by atoms with E-state index in [9.17, 15) is 18.4 Å². The summed E-state index contributed by atoms with van der Waals surface area (Å²) in [5.41, 5.74) is 2.94. The van der Waals surface area contributed by atoms with Gasteiger partial charge in [-0.25, -0.2) is 8.78 Å².